The van der Waals surface area contributed by atoms with Gasteiger partial charge in [0.05, 0.1) is 47.4 Å². The molecule has 3 N–H and O–H groups in total. The smallest absolute Gasteiger partial charge is 0.306 e. The molecule has 0 amide bonds. The van der Waals surface area contributed by atoms with Crippen LogP contribution in [0, 0.1) is 12.8 Å². The van der Waals surface area contributed by atoms with Gasteiger partial charge in [-0.2, -0.15) is 0 Å². The summed E-state index contributed by atoms with van der Waals surface area (Å²) in [5.41, 5.74) is 14.3. The number of fused-ring (bicyclic) bond motifs is 5. The molecule has 1 atom stereocenters. The Bertz CT molecular complexity index is 2110. The van der Waals surface area contributed by atoms with Gasteiger partial charge in [-0.1, -0.05) is 25.5 Å². The number of hydrogen-bond donors (Lipinski definition) is 3. The summed E-state index contributed by atoms with van der Waals surface area (Å²) in [6.07, 6.45) is 13.1. The van der Waals surface area contributed by atoms with Crippen LogP contribution in [0.3, 0.4) is 0 Å². The molecule has 0 saturated heterocycles. The first-order valence-electron chi connectivity index (χ1n) is 18.0. The number of rotatable bonds is 11. The third kappa shape index (κ3) is 6.65. The van der Waals surface area contributed by atoms with E-state index in [2.05, 4.69) is 51.8 Å². The lowest BCUT2D eigenvalue weighted by Gasteiger charge is -2.12. The maximum Gasteiger partial charge on any atom is 0.306 e. The molecule has 8 heteroatoms. The number of aliphatic hydroxyl groups excluding tert-OH is 2. The summed E-state index contributed by atoms with van der Waals surface area (Å²) < 4.78 is 5.70. The second-order valence-electron chi connectivity index (χ2n) is 14.4. The topological polar surface area (TPSA) is 120 Å². The van der Waals surface area contributed by atoms with E-state index in [-0.39, 0.29) is 24.8 Å². The molecule has 1 aliphatic carbocycles. The molecule has 0 saturated carbocycles. The molecule has 1 aromatic heterocycles. The minimum absolute atomic E-state index is 0.132. The van der Waals surface area contributed by atoms with Crippen LogP contribution in [0.4, 0.5) is 0 Å². The molecule has 4 aliphatic heterocycles. The Labute approximate surface area is 295 Å². The van der Waals surface area contributed by atoms with Crippen LogP contribution in [0.25, 0.3) is 12.2 Å². The van der Waals surface area contributed by atoms with Crippen LogP contribution < -0.4 is 10.7 Å². The van der Waals surface area contributed by atoms with Gasteiger partial charge in [-0.15, -0.1) is 0 Å². The number of nitrogens with zero attached hydrogens (tertiary/aromatic N) is 3. The summed E-state index contributed by atoms with van der Waals surface area (Å²) in [6.45, 7) is 17.0. The molecular formula is C42H50N4O4. The van der Waals surface area contributed by atoms with Crippen molar-refractivity contribution in [1.82, 2.24) is 4.98 Å². The second kappa shape index (κ2) is 14.4. The highest BCUT2D eigenvalue weighted by molar-refractivity contribution is 6.25. The fraction of sp³-hybridized carbons (Fsp3) is 0.429. The van der Waals surface area contributed by atoms with Crippen LogP contribution in [0.2, 0.25) is 0 Å². The Morgan fingerprint density at radius 1 is 0.980 bits per heavy atom. The summed E-state index contributed by atoms with van der Waals surface area (Å²) in [7, 11) is 0. The Morgan fingerprint density at radius 3 is 2.48 bits per heavy atom. The maximum absolute atomic E-state index is 13.0. The number of aliphatic imine (C=N–C) groups is 3. The Kier molecular flexibility index (Phi) is 10.1. The summed E-state index contributed by atoms with van der Waals surface area (Å²) in [5.74, 6) is 0.536. The molecule has 8 bridgehead atoms. The van der Waals surface area contributed by atoms with Crippen LogP contribution >= 0.6 is 0 Å². The highest BCUT2D eigenvalue weighted by atomic mass is 16.5. The highest BCUT2D eigenvalue weighted by Gasteiger charge is 2.37. The van der Waals surface area contributed by atoms with Crippen molar-refractivity contribution in [1.29, 1.82) is 0 Å². The SMILES string of the molecule is CCc1c(C)c2[nH]c1=CC1=C(C)C3=C(O)CC(=C4N=C(C=C5N=C(C=2)C(CO)=C5C)C(C)=C4CCC(=O)OCC[C@H](C)CCC=C(C)C)C3=N1. The monoisotopic (exact) mass is 674 g/mol. The summed E-state index contributed by atoms with van der Waals surface area (Å²) in [6, 6.07) is 0. The van der Waals surface area contributed by atoms with Gasteiger partial charge in [0.25, 0.3) is 0 Å². The first kappa shape index (κ1) is 35.3. The number of aromatic amines is 1. The third-order valence-electron chi connectivity index (χ3n) is 10.6. The molecule has 262 valence electrons. The lowest BCUT2D eigenvalue weighted by Crippen LogP contribution is -2.15. The van der Waals surface area contributed by atoms with E-state index in [1.807, 2.05) is 32.9 Å². The minimum Gasteiger partial charge on any atom is -0.511 e. The lowest BCUT2D eigenvalue weighted by molar-refractivity contribution is -0.143. The zero-order valence-electron chi connectivity index (χ0n) is 30.8. The molecule has 0 spiro atoms. The number of hydrogen-bond acceptors (Lipinski definition) is 7. The fourth-order valence-electron chi connectivity index (χ4n) is 7.48. The Balaban J connectivity index is 1.38. The lowest BCUT2D eigenvalue weighted by atomic mass is 9.95. The molecule has 5 aliphatic rings. The standard InChI is InChI=1S/C42H50N4O4/c1-9-28-24(5)33-19-37-31(21-47)26(7)32(44-37)18-34-25(6)29(13-14-39(49)50-16-15-23(4)12-10-11-22(2)3)41(45-34)30-17-38(48)40-27(8)35(46-42(30)40)20-36(28)43-33/h11,18-20,23,43,47-48H,9-10,12-17,21H2,1-8H3/t23-/m1/s1. The number of H-pyrrole nitrogens is 1. The normalized spacial score (nSPS) is 18.7. The summed E-state index contributed by atoms with van der Waals surface area (Å²) in [4.78, 5) is 31.9. The largest absolute Gasteiger partial charge is 0.511 e. The molecule has 8 nitrogen and oxygen atoms in total. The van der Waals surface area contributed by atoms with Crippen LogP contribution in [0.15, 0.2) is 94.6 Å². The quantitative estimate of drug-likeness (QED) is 0.170. The molecule has 1 aromatic rings. The van der Waals surface area contributed by atoms with Crippen molar-refractivity contribution in [3.05, 3.63) is 101 Å². The molecule has 0 aromatic carbocycles. The van der Waals surface area contributed by atoms with Gasteiger partial charge < -0.3 is 19.9 Å². The van der Waals surface area contributed by atoms with E-state index in [0.717, 1.165) is 115 Å². The van der Waals surface area contributed by atoms with E-state index in [1.54, 1.807) is 0 Å². The van der Waals surface area contributed by atoms with Crippen molar-refractivity contribution in [3.8, 4) is 0 Å². The number of allylic oxidation sites excluding steroid dienone is 10. The number of carbonyl (C=O) groups is 1. The van der Waals surface area contributed by atoms with Gasteiger partial charge in [0, 0.05) is 40.3 Å². The van der Waals surface area contributed by atoms with Crippen LogP contribution in [-0.2, 0) is 16.0 Å². The molecule has 5 heterocycles. The van der Waals surface area contributed by atoms with Crippen molar-refractivity contribution in [2.24, 2.45) is 20.9 Å². The molecule has 6 rings (SSSR count). The predicted octanol–water partition coefficient (Wildman–Crippen LogP) is 7.17. The Morgan fingerprint density at radius 2 is 1.76 bits per heavy atom. The third-order valence-corrected chi connectivity index (χ3v) is 10.6. The fourth-order valence-corrected chi connectivity index (χ4v) is 7.48. The number of nitrogens with one attached hydrogen (secondary N) is 1. The van der Waals surface area contributed by atoms with Gasteiger partial charge in [-0.25, -0.2) is 15.0 Å². The first-order valence-corrected chi connectivity index (χ1v) is 18.0. The average Bonchev–Trinajstić information content (AvgIpc) is 3.82. The number of carbonyl (C=O) groups excluding carboxylic acids is 1. The zero-order chi connectivity index (χ0) is 35.9. The van der Waals surface area contributed by atoms with Crippen LogP contribution in [0.5, 0.6) is 0 Å². The van der Waals surface area contributed by atoms with E-state index < -0.39 is 0 Å². The van der Waals surface area contributed by atoms with E-state index >= 15 is 0 Å². The van der Waals surface area contributed by atoms with Gasteiger partial charge in [0.1, 0.15) is 5.76 Å². The number of aromatic nitrogens is 1. The molecular weight excluding hydrogens is 624 g/mol. The van der Waals surface area contributed by atoms with Crippen molar-refractivity contribution >= 4 is 35.3 Å². The van der Waals surface area contributed by atoms with E-state index in [0.29, 0.717) is 25.4 Å². The van der Waals surface area contributed by atoms with Crippen LogP contribution in [-0.4, -0.2) is 51.5 Å². The second-order valence-corrected chi connectivity index (χ2v) is 14.4. The number of ether oxygens (including phenoxy) is 1. The van der Waals surface area contributed by atoms with E-state index in [1.165, 1.54) is 11.1 Å². The zero-order valence-corrected chi connectivity index (χ0v) is 30.8. The van der Waals surface area contributed by atoms with Gasteiger partial charge in [-0.3, -0.25) is 4.79 Å². The highest BCUT2D eigenvalue weighted by Crippen LogP contribution is 2.44. The summed E-state index contributed by atoms with van der Waals surface area (Å²) >= 11 is 0. The number of esters is 1. The van der Waals surface area contributed by atoms with E-state index in [4.69, 9.17) is 19.7 Å². The van der Waals surface area contributed by atoms with Gasteiger partial charge in [0.2, 0.25) is 0 Å². The van der Waals surface area contributed by atoms with Gasteiger partial charge in [-0.05, 0) is 131 Å². The Hall–Kier alpha value is -4.56. The van der Waals surface area contributed by atoms with Crippen molar-refractivity contribution in [3.63, 3.8) is 0 Å². The maximum atomic E-state index is 13.0. The number of aliphatic hydroxyl groups is 2. The molecule has 50 heavy (non-hydrogen) atoms. The van der Waals surface area contributed by atoms with Gasteiger partial charge >= 0.3 is 5.97 Å². The summed E-state index contributed by atoms with van der Waals surface area (Å²) in [5, 5.41) is 23.7. The van der Waals surface area contributed by atoms with Crippen molar-refractivity contribution in [2.45, 2.75) is 100 Å². The van der Waals surface area contributed by atoms with Crippen molar-refractivity contribution in [2.75, 3.05) is 13.2 Å². The first-order chi connectivity index (χ1) is 23.9. The molecule has 0 radical (unpaired) electrons. The molecule has 0 unspecified atom stereocenters. The average molecular weight is 675 g/mol. The minimum atomic E-state index is -0.226. The molecule has 0 fully saturated rings. The van der Waals surface area contributed by atoms with Crippen LogP contribution in [0.1, 0.15) is 98.1 Å². The van der Waals surface area contributed by atoms with Gasteiger partial charge in [0.15, 0.2) is 0 Å². The van der Waals surface area contributed by atoms with Crippen molar-refractivity contribution < 1.29 is 19.7 Å². The van der Waals surface area contributed by atoms with E-state index in [9.17, 15) is 15.0 Å². The predicted molar refractivity (Wildman–Crippen MR) is 203 cm³/mol.